The summed E-state index contributed by atoms with van der Waals surface area (Å²) in [6.45, 7) is 2.03. The minimum atomic E-state index is -0.238. The molecule has 2 unspecified atom stereocenters. The molecule has 0 radical (unpaired) electrons. The van der Waals surface area contributed by atoms with Gasteiger partial charge in [-0.05, 0) is 31.4 Å². The smallest absolute Gasteiger partial charge is 0.224 e. The lowest BCUT2D eigenvalue weighted by Crippen LogP contribution is -2.27. The minimum absolute atomic E-state index is 0.00888. The van der Waals surface area contributed by atoms with Crippen LogP contribution >= 0.6 is 0 Å². The second-order valence-corrected chi connectivity index (χ2v) is 6.14. The highest BCUT2D eigenvalue weighted by atomic mass is 16.7. The highest BCUT2D eigenvalue weighted by Gasteiger charge is 2.27. The molecule has 1 amide bonds. The van der Waals surface area contributed by atoms with E-state index in [9.17, 15) is 4.79 Å². The number of nitrogens with one attached hydrogen (secondary N) is 1. The fourth-order valence-electron chi connectivity index (χ4n) is 2.96. The van der Waals surface area contributed by atoms with Gasteiger partial charge in [0.25, 0.3) is 0 Å². The van der Waals surface area contributed by atoms with Gasteiger partial charge in [-0.3, -0.25) is 4.79 Å². The van der Waals surface area contributed by atoms with Crippen LogP contribution < -0.4 is 14.8 Å². The summed E-state index contributed by atoms with van der Waals surface area (Å²) in [6.07, 6.45) is 4.14. The summed E-state index contributed by atoms with van der Waals surface area (Å²) in [5.41, 5.74) is 1.73. The number of ether oxygens (including phenoxy) is 4. The van der Waals surface area contributed by atoms with E-state index in [2.05, 4.69) is 5.32 Å². The van der Waals surface area contributed by atoms with Crippen LogP contribution in [-0.4, -0.2) is 38.1 Å². The Morgan fingerprint density at radius 1 is 1.17 bits per heavy atom. The molecule has 1 aromatic rings. The third kappa shape index (κ3) is 3.43. The van der Waals surface area contributed by atoms with Crippen molar-refractivity contribution in [3.8, 4) is 11.5 Å². The van der Waals surface area contributed by atoms with E-state index in [1.807, 2.05) is 12.1 Å². The van der Waals surface area contributed by atoms with Crippen molar-refractivity contribution in [2.45, 2.75) is 44.5 Å². The van der Waals surface area contributed by atoms with Crippen molar-refractivity contribution < 1.29 is 23.7 Å². The largest absolute Gasteiger partial charge is 0.490 e. The zero-order valence-corrected chi connectivity index (χ0v) is 13.0. The van der Waals surface area contributed by atoms with Crippen molar-refractivity contribution in [3.05, 3.63) is 17.7 Å². The first kappa shape index (κ1) is 14.8. The lowest BCUT2D eigenvalue weighted by atomic mass is 10.0. The molecular formula is C17H21NO5. The topological polar surface area (TPSA) is 69.3 Å². The first-order valence-electron chi connectivity index (χ1n) is 8.28. The molecule has 2 fully saturated rings. The molecule has 0 aromatic heterocycles. The van der Waals surface area contributed by atoms with Gasteiger partial charge in [-0.1, -0.05) is 0 Å². The molecule has 1 N–H and O–H groups in total. The Kier molecular flexibility index (Phi) is 4.10. The Bertz CT molecular complexity index is 593. The van der Waals surface area contributed by atoms with Crippen LogP contribution in [0.4, 0.5) is 5.69 Å². The van der Waals surface area contributed by atoms with Crippen LogP contribution in [-0.2, 0) is 20.7 Å². The highest BCUT2D eigenvalue weighted by Crippen LogP contribution is 2.40. The SMILES string of the molecule is O=C1CCc2c(OCC3CO3)ccc(OC3CCCCO3)c2N1. The highest BCUT2D eigenvalue weighted by molar-refractivity contribution is 5.96. The van der Waals surface area contributed by atoms with Gasteiger partial charge in [-0.15, -0.1) is 0 Å². The molecule has 124 valence electrons. The molecule has 6 nitrogen and oxygen atoms in total. The average molecular weight is 319 g/mol. The molecule has 0 spiro atoms. The Morgan fingerprint density at radius 3 is 2.83 bits per heavy atom. The molecule has 2 atom stereocenters. The maximum Gasteiger partial charge on any atom is 0.224 e. The van der Waals surface area contributed by atoms with Gasteiger partial charge in [-0.2, -0.15) is 0 Å². The van der Waals surface area contributed by atoms with Crippen molar-refractivity contribution in [1.29, 1.82) is 0 Å². The van der Waals surface area contributed by atoms with Crippen LogP contribution in [0, 0.1) is 0 Å². The average Bonchev–Trinajstić information content (AvgIpc) is 3.39. The normalized spacial score (nSPS) is 26.2. The molecule has 4 rings (SSSR count). The van der Waals surface area contributed by atoms with Crippen molar-refractivity contribution in [2.75, 3.05) is 25.1 Å². The van der Waals surface area contributed by atoms with E-state index >= 15 is 0 Å². The Balaban J connectivity index is 1.56. The summed E-state index contributed by atoms with van der Waals surface area (Å²) in [6, 6.07) is 3.77. The summed E-state index contributed by atoms with van der Waals surface area (Å²) >= 11 is 0. The third-order valence-electron chi connectivity index (χ3n) is 4.32. The number of rotatable bonds is 5. The number of anilines is 1. The van der Waals surface area contributed by atoms with Gasteiger partial charge in [0, 0.05) is 18.4 Å². The monoisotopic (exact) mass is 319 g/mol. The Hall–Kier alpha value is -1.79. The molecule has 6 heteroatoms. The van der Waals surface area contributed by atoms with Gasteiger partial charge in [0.2, 0.25) is 5.91 Å². The lowest BCUT2D eigenvalue weighted by Gasteiger charge is -2.27. The molecule has 0 bridgehead atoms. The molecule has 3 aliphatic heterocycles. The van der Waals surface area contributed by atoms with Crippen LogP contribution in [0.2, 0.25) is 0 Å². The van der Waals surface area contributed by atoms with Gasteiger partial charge in [0.1, 0.15) is 24.2 Å². The standard InChI is InChI=1S/C17H21NO5/c19-15-7-4-12-13(22-10-11-9-21-11)5-6-14(17(12)18-15)23-16-3-1-2-8-20-16/h5-6,11,16H,1-4,7-10H2,(H,18,19). The van der Waals surface area contributed by atoms with Gasteiger partial charge < -0.3 is 24.3 Å². The van der Waals surface area contributed by atoms with Crippen molar-refractivity contribution >= 4 is 11.6 Å². The molecule has 0 aliphatic carbocycles. The molecule has 3 aliphatic rings. The maximum absolute atomic E-state index is 11.8. The molecule has 0 saturated carbocycles. The predicted octanol–water partition coefficient (Wildman–Crippen LogP) is 2.25. The number of amides is 1. The van der Waals surface area contributed by atoms with Crippen LogP contribution in [0.5, 0.6) is 11.5 Å². The molecule has 3 heterocycles. The summed E-state index contributed by atoms with van der Waals surface area (Å²) in [5, 5.41) is 2.93. The van der Waals surface area contributed by atoms with Crippen LogP contribution in [0.1, 0.15) is 31.2 Å². The molecule has 23 heavy (non-hydrogen) atoms. The van der Waals surface area contributed by atoms with Crippen LogP contribution in [0.15, 0.2) is 12.1 Å². The molecular weight excluding hydrogens is 298 g/mol. The fraction of sp³-hybridized carbons (Fsp3) is 0.588. The fourth-order valence-corrected chi connectivity index (χ4v) is 2.96. The van der Waals surface area contributed by atoms with Crippen molar-refractivity contribution in [2.24, 2.45) is 0 Å². The van der Waals surface area contributed by atoms with Gasteiger partial charge in [-0.25, -0.2) is 0 Å². The maximum atomic E-state index is 11.8. The zero-order valence-electron chi connectivity index (χ0n) is 13.0. The van der Waals surface area contributed by atoms with Crippen LogP contribution in [0.3, 0.4) is 0 Å². The van der Waals surface area contributed by atoms with E-state index in [-0.39, 0.29) is 18.3 Å². The van der Waals surface area contributed by atoms with E-state index in [4.69, 9.17) is 18.9 Å². The zero-order chi connectivity index (χ0) is 15.6. The summed E-state index contributed by atoms with van der Waals surface area (Å²) < 4.78 is 22.6. The molecule has 1 aromatic carbocycles. The number of hydrogen-bond acceptors (Lipinski definition) is 5. The van der Waals surface area contributed by atoms with Crippen molar-refractivity contribution in [3.63, 3.8) is 0 Å². The lowest BCUT2D eigenvalue weighted by molar-refractivity contribution is -0.116. The first-order valence-corrected chi connectivity index (χ1v) is 8.28. The van der Waals surface area contributed by atoms with E-state index in [0.717, 1.165) is 49.5 Å². The number of fused-ring (bicyclic) bond motifs is 1. The van der Waals surface area contributed by atoms with Gasteiger partial charge in [0.05, 0.1) is 18.9 Å². The minimum Gasteiger partial charge on any atom is -0.490 e. The second kappa shape index (κ2) is 6.37. The number of hydrogen-bond donors (Lipinski definition) is 1. The number of epoxide rings is 1. The van der Waals surface area contributed by atoms with Gasteiger partial charge >= 0.3 is 0 Å². The Labute approximate surface area is 135 Å². The Morgan fingerprint density at radius 2 is 2.04 bits per heavy atom. The molecule has 2 saturated heterocycles. The summed E-state index contributed by atoms with van der Waals surface area (Å²) in [4.78, 5) is 11.8. The van der Waals surface area contributed by atoms with Crippen molar-refractivity contribution in [1.82, 2.24) is 0 Å². The quantitative estimate of drug-likeness (QED) is 0.843. The summed E-state index contributed by atoms with van der Waals surface area (Å²) in [5.74, 6) is 1.47. The first-order chi connectivity index (χ1) is 11.3. The predicted molar refractivity (Wildman–Crippen MR) is 82.8 cm³/mol. The van der Waals surface area contributed by atoms with E-state index < -0.39 is 0 Å². The summed E-state index contributed by atoms with van der Waals surface area (Å²) in [7, 11) is 0. The van der Waals surface area contributed by atoms with E-state index in [1.165, 1.54) is 0 Å². The van der Waals surface area contributed by atoms with Crippen LogP contribution in [0.25, 0.3) is 0 Å². The number of carbonyl (C=O) groups is 1. The number of carbonyl (C=O) groups excluding carboxylic acids is 1. The van der Waals surface area contributed by atoms with E-state index in [0.29, 0.717) is 25.2 Å². The number of benzene rings is 1. The van der Waals surface area contributed by atoms with Gasteiger partial charge in [0.15, 0.2) is 6.29 Å². The second-order valence-electron chi connectivity index (χ2n) is 6.14. The third-order valence-corrected chi connectivity index (χ3v) is 4.32. The van der Waals surface area contributed by atoms with E-state index in [1.54, 1.807) is 0 Å².